The number of nitrogens with zero attached hydrogens (tertiary/aromatic N) is 4. The highest BCUT2D eigenvalue weighted by molar-refractivity contribution is 5.77. The lowest BCUT2D eigenvalue weighted by atomic mass is 9.87. The molecule has 1 atom stereocenters. The Bertz CT molecular complexity index is 995. The van der Waals surface area contributed by atoms with Crippen LogP contribution in [0.5, 0.6) is 0 Å². The van der Waals surface area contributed by atoms with Crippen molar-refractivity contribution in [2.45, 2.75) is 39.7 Å². The van der Waals surface area contributed by atoms with E-state index < -0.39 is 23.6 Å². The van der Waals surface area contributed by atoms with Crippen LogP contribution in [0.15, 0.2) is 24.3 Å². The second kappa shape index (κ2) is 15.7. The molecule has 1 aromatic carbocycles. The largest absolute Gasteiger partial charge is 0.369 e. The number of amides is 4. The van der Waals surface area contributed by atoms with Crippen LogP contribution in [0.2, 0.25) is 0 Å². The van der Waals surface area contributed by atoms with Crippen molar-refractivity contribution in [3.05, 3.63) is 35.4 Å². The van der Waals surface area contributed by atoms with Gasteiger partial charge in [0, 0.05) is 51.9 Å². The molecule has 0 radical (unpaired) electrons. The first-order valence-electron chi connectivity index (χ1n) is 13.8. The van der Waals surface area contributed by atoms with Gasteiger partial charge in [-0.3, -0.25) is 38.8 Å². The van der Waals surface area contributed by atoms with Gasteiger partial charge in [0.1, 0.15) is 0 Å². The van der Waals surface area contributed by atoms with Gasteiger partial charge in [0.2, 0.25) is 23.6 Å². The van der Waals surface area contributed by atoms with Crippen molar-refractivity contribution in [2.75, 3.05) is 72.0 Å². The molecule has 40 heavy (non-hydrogen) atoms. The van der Waals surface area contributed by atoms with Crippen LogP contribution in [0, 0.1) is 5.41 Å². The standard InChI is InChI=1S/C28H48N8O4/c1-28(2,3)15-22-6-4-21(5-7-22)14-23-16-35(19-26(31)39)11-10-33(17-24(29)37)8-9-34(18-25(30)38)12-13-36(23)20-27(32)40/h4-7,23H,8-20H2,1-3H3,(H2,29,37)(H2,30,38)(H2,31,39)(H2,32,40). The maximum atomic E-state index is 12.1. The third-order valence-electron chi connectivity index (χ3n) is 6.88. The summed E-state index contributed by atoms with van der Waals surface area (Å²) in [5.41, 5.74) is 24.7. The Balaban J connectivity index is 2.39. The molecule has 1 aliphatic heterocycles. The number of carbonyl (C=O) groups excluding carboxylic acids is 4. The number of nitrogens with two attached hydrogens (primary N) is 4. The quantitative estimate of drug-likeness (QED) is 0.248. The molecule has 1 unspecified atom stereocenters. The maximum absolute atomic E-state index is 12.1. The Kier molecular flexibility index (Phi) is 13.0. The molecule has 2 rings (SSSR count). The molecule has 1 heterocycles. The minimum atomic E-state index is -0.465. The predicted octanol–water partition coefficient (Wildman–Crippen LogP) is -1.65. The van der Waals surface area contributed by atoms with Crippen molar-refractivity contribution in [2.24, 2.45) is 28.3 Å². The van der Waals surface area contributed by atoms with E-state index in [9.17, 15) is 19.2 Å². The van der Waals surface area contributed by atoms with E-state index in [0.29, 0.717) is 52.2 Å². The lowest BCUT2D eigenvalue weighted by Crippen LogP contribution is -2.54. The molecular weight excluding hydrogens is 512 g/mol. The van der Waals surface area contributed by atoms with Gasteiger partial charge >= 0.3 is 0 Å². The summed E-state index contributed by atoms with van der Waals surface area (Å²) < 4.78 is 0. The van der Waals surface area contributed by atoms with Gasteiger partial charge in [0.15, 0.2) is 0 Å². The summed E-state index contributed by atoms with van der Waals surface area (Å²) in [6.07, 6.45) is 1.56. The number of hydrogen-bond acceptors (Lipinski definition) is 8. The van der Waals surface area contributed by atoms with Crippen LogP contribution >= 0.6 is 0 Å². The molecule has 1 saturated heterocycles. The molecule has 224 valence electrons. The summed E-state index contributed by atoms with van der Waals surface area (Å²) in [6, 6.07) is 8.29. The van der Waals surface area contributed by atoms with Crippen LogP contribution < -0.4 is 22.9 Å². The van der Waals surface area contributed by atoms with Crippen molar-refractivity contribution in [1.82, 2.24) is 19.6 Å². The molecule has 4 amide bonds. The highest BCUT2D eigenvalue weighted by Crippen LogP contribution is 2.21. The zero-order valence-electron chi connectivity index (χ0n) is 24.3. The summed E-state index contributed by atoms with van der Waals surface area (Å²) >= 11 is 0. The third kappa shape index (κ3) is 13.3. The Hall–Kier alpha value is -3.06. The Morgan fingerprint density at radius 2 is 1.05 bits per heavy atom. The van der Waals surface area contributed by atoms with E-state index in [4.69, 9.17) is 22.9 Å². The molecule has 0 aromatic heterocycles. The van der Waals surface area contributed by atoms with Crippen molar-refractivity contribution < 1.29 is 19.2 Å². The fourth-order valence-corrected chi connectivity index (χ4v) is 5.15. The second-order valence-corrected chi connectivity index (χ2v) is 12.0. The van der Waals surface area contributed by atoms with E-state index in [1.54, 1.807) is 0 Å². The zero-order valence-corrected chi connectivity index (χ0v) is 24.3. The van der Waals surface area contributed by atoms with Crippen molar-refractivity contribution in [3.63, 3.8) is 0 Å². The lowest BCUT2D eigenvalue weighted by Gasteiger charge is -2.38. The molecule has 0 saturated carbocycles. The summed E-state index contributed by atoms with van der Waals surface area (Å²) in [6.45, 7) is 9.96. The van der Waals surface area contributed by atoms with Gasteiger partial charge in [0.25, 0.3) is 0 Å². The topological polar surface area (TPSA) is 185 Å². The smallest absolute Gasteiger partial charge is 0.231 e. The van der Waals surface area contributed by atoms with Crippen molar-refractivity contribution in [1.29, 1.82) is 0 Å². The van der Waals surface area contributed by atoms with Gasteiger partial charge < -0.3 is 22.9 Å². The van der Waals surface area contributed by atoms with E-state index in [2.05, 4.69) is 45.0 Å². The Morgan fingerprint density at radius 3 is 1.50 bits per heavy atom. The minimum Gasteiger partial charge on any atom is -0.369 e. The van der Waals surface area contributed by atoms with Gasteiger partial charge in [0.05, 0.1) is 26.2 Å². The fraction of sp³-hybridized carbons (Fsp3) is 0.643. The van der Waals surface area contributed by atoms with E-state index in [-0.39, 0.29) is 37.6 Å². The first kappa shape index (κ1) is 33.1. The SMILES string of the molecule is CC(C)(C)Cc1ccc(CC2CN(CC(N)=O)CCN(CC(N)=O)CCN(CC(N)=O)CCN2CC(N)=O)cc1. The molecule has 12 nitrogen and oxygen atoms in total. The molecule has 0 spiro atoms. The average Bonchev–Trinajstić information content (AvgIpc) is 2.80. The molecule has 12 heteroatoms. The molecular formula is C28H48N8O4. The zero-order chi connectivity index (χ0) is 29.9. The van der Waals surface area contributed by atoms with Gasteiger partial charge in [-0.15, -0.1) is 0 Å². The number of carbonyl (C=O) groups is 4. The number of benzene rings is 1. The van der Waals surface area contributed by atoms with Gasteiger partial charge in [-0.05, 0) is 29.4 Å². The Labute approximate surface area is 237 Å². The normalized spacial score (nSPS) is 19.4. The maximum Gasteiger partial charge on any atom is 0.231 e. The van der Waals surface area contributed by atoms with Crippen molar-refractivity contribution >= 4 is 23.6 Å². The lowest BCUT2D eigenvalue weighted by molar-refractivity contribution is -0.122. The summed E-state index contributed by atoms with van der Waals surface area (Å²) in [5.74, 6) is -1.86. The third-order valence-corrected chi connectivity index (χ3v) is 6.88. The first-order valence-corrected chi connectivity index (χ1v) is 13.8. The second-order valence-electron chi connectivity index (χ2n) is 12.0. The van der Waals surface area contributed by atoms with Crippen molar-refractivity contribution in [3.8, 4) is 0 Å². The molecule has 1 aliphatic rings. The van der Waals surface area contributed by atoms with Crippen LogP contribution in [-0.4, -0.2) is 121 Å². The molecule has 8 N–H and O–H groups in total. The van der Waals surface area contributed by atoms with E-state index in [0.717, 1.165) is 12.0 Å². The first-order chi connectivity index (χ1) is 18.7. The molecule has 0 bridgehead atoms. The van der Waals surface area contributed by atoms with Crippen LogP contribution in [0.25, 0.3) is 0 Å². The summed E-state index contributed by atoms with van der Waals surface area (Å²) in [5, 5.41) is 0. The van der Waals surface area contributed by atoms with E-state index in [1.807, 2.05) is 19.6 Å². The predicted molar refractivity (Wildman–Crippen MR) is 155 cm³/mol. The fourth-order valence-electron chi connectivity index (χ4n) is 5.15. The minimum absolute atomic E-state index is 0.0232. The van der Waals surface area contributed by atoms with Crippen LogP contribution in [-0.2, 0) is 32.0 Å². The number of primary amides is 4. The molecule has 1 fully saturated rings. The number of hydrogen-bond donors (Lipinski definition) is 4. The van der Waals surface area contributed by atoms with E-state index >= 15 is 0 Å². The summed E-state index contributed by atoms with van der Waals surface area (Å²) in [4.78, 5) is 55.4. The highest BCUT2D eigenvalue weighted by atomic mass is 16.2. The van der Waals surface area contributed by atoms with Gasteiger partial charge in [-0.2, -0.15) is 0 Å². The van der Waals surface area contributed by atoms with Gasteiger partial charge in [-0.25, -0.2) is 0 Å². The van der Waals surface area contributed by atoms with Crippen LogP contribution in [0.3, 0.4) is 0 Å². The molecule has 1 aromatic rings. The number of rotatable bonds is 11. The highest BCUT2D eigenvalue weighted by Gasteiger charge is 2.26. The average molecular weight is 561 g/mol. The van der Waals surface area contributed by atoms with E-state index in [1.165, 1.54) is 5.56 Å². The van der Waals surface area contributed by atoms with Crippen LogP contribution in [0.1, 0.15) is 31.9 Å². The van der Waals surface area contributed by atoms with Crippen LogP contribution in [0.4, 0.5) is 0 Å². The summed E-state index contributed by atoms with van der Waals surface area (Å²) in [7, 11) is 0. The Morgan fingerprint density at radius 1 is 0.650 bits per heavy atom. The monoisotopic (exact) mass is 560 g/mol. The van der Waals surface area contributed by atoms with Gasteiger partial charge in [-0.1, -0.05) is 45.0 Å². The molecule has 0 aliphatic carbocycles.